The second kappa shape index (κ2) is 9.93. The minimum atomic E-state index is -0.115. The molecule has 0 aliphatic carbocycles. The van der Waals surface area contributed by atoms with Crippen LogP contribution in [0.25, 0.3) is 0 Å². The lowest BCUT2D eigenvalue weighted by Gasteiger charge is -2.32. The summed E-state index contributed by atoms with van der Waals surface area (Å²) in [6.45, 7) is 2.74. The van der Waals surface area contributed by atoms with Gasteiger partial charge in [0.05, 0.1) is 18.9 Å². The van der Waals surface area contributed by atoms with E-state index in [1.165, 1.54) is 0 Å². The van der Waals surface area contributed by atoms with Crippen molar-refractivity contribution in [3.8, 4) is 5.75 Å². The average Bonchev–Trinajstić information content (AvgIpc) is 2.63. The van der Waals surface area contributed by atoms with Crippen molar-refractivity contribution in [3.05, 3.63) is 30.3 Å². The molecule has 132 valence electrons. The molecule has 1 fully saturated rings. The molecule has 0 radical (unpaired) electrons. The van der Waals surface area contributed by atoms with Crippen LogP contribution in [0.5, 0.6) is 5.75 Å². The molecule has 1 atom stereocenters. The smallest absolute Gasteiger partial charge is 0.226 e. The zero-order valence-electron chi connectivity index (χ0n) is 14.1. The molecule has 0 spiro atoms. The van der Waals surface area contributed by atoms with Gasteiger partial charge < -0.3 is 20.7 Å². The molecule has 1 aliphatic heterocycles. The molecule has 1 unspecified atom stereocenters. The first-order chi connectivity index (χ1) is 11.7. The summed E-state index contributed by atoms with van der Waals surface area (Å²) in [5.74, 6) is 0.725. The van der Waals surface area contributed by atoms with Crippen LogP contribution in [0.15, 0.2) is 30.3 Å². The monoisotopic (exact) mass is 333 g/mol. The SMILES string of the molecule is NCCCNC(=O)C1CCCN(C(=O)CCOc2ccccc2)C1. The molecule has 6 nitrogen and oxygen atoms in total. The standard InChI is InChI=1S/C18H27N3O3/c19-10-5-11-20-18(23)15-6-4-12-21(14-15)17(22)9-13-24-16-7-2-1-3-8-16/h1-3,7-8,15H,4-6,9-14,19H2,(H,20,23). The molecular formula is C18H27N3O3. The second-order valence-corrected chi connectivity index (χ2v) is 6.02. The van der Waals surface area contributed by atoms with Gasteiger partial charge in [-0.25, -0.2) is 0 Å². The van der Waals surface area contributed by atoms with E-state index in [1.807, 2.05) is 30.3 Å². The maximum Gasteiger partial charge on any atom is 0.226 e. The number of hydrogen-bond acceptors (Lipinski definition) is 4. The van der Waals surface area contributed by atoms with Crippen molar-refractivity contribution in [3.63, 3.8) is 0 Å². The van der Waals surface area contributed by atoms with Crippen LogP contribution in [0.1, 0.15) is 25.7 Å². The highest BCUT2D eigenvalue weighted by Gasteiger charge is 2.27. The number of piperidine rings is 1. The van der Waals surface area contributed by atoms with Crippen LogP contribution in [0.2, 0.25) is 0 Å². The molecule has 3 N–H and O–H groups in total. The Morgan fingerprint density at radius 1 is 1.29 bits per heavy atom. The molecule has 0 saturated carbocycles. The maximum atomic E-state index is 12.3. The van der Waals surface area contributed by atoms with E-state index in [1.54, 1.807) is 4.90 Å². The number of carbonyl (C=O) groups excluding carboxylic acids is 2. The topological polar surface area (TPSA) is 84.7 Å². The number of benzene rings is 1. The zero-order valence-corrected chi connectivity index (χ0v) is 14.1. The van der Waals surface area contributed by atoms with E-state index in [9.17, 15) is 9.59 Å². The Bertz CT molecular complexity index is 522. The third kappa shape index (κ3) is 5.85. The Hall–Kier alpha value is -2.08. The van der Waals surface area contributed by atoms with Crippen molar-refractivity contribution in [2.75, 3.05) is 32.8 Å². The number of carbonyl (C=O) groups is 2. The van der Waals surface area contributed by atoms with Gasteiger partial charge in [-0.05, 0) is 37.9 Å². The van der Waals surface area contributed by atoms with Crippen LogP contribution < -0.4 is 15.8 Å². The van der Waals surface area contributed by atoms with Gasteiger partial charge in [0.15, 0.2) is 0 Å². The molecule has 2 rings (SSSR count). The number of nitrogens with one attached hydrogen (secondary N) is 1. The maximum absolute atomic E-state index is 12.3. The van der Waals surface area contributed by atoms with Crippen LogP contribution in [0, 0.1) is 5.92 Å². The minimum absolute atomic E-state index is 0.0292. The first-order valence-electron chi connectivity index (χ1n) is 8.64. The number of amides is 2. The Balaban J connectivity index is 1.72. The minimum Gasteiger partial charge on any atom is -0.493 e. The fourth-order valence-corrected chi connectivity index (χ4v) is 2.81. The summed E-state index contributed by atoms with van der Waals surface area (Å²) in [4.78, 5) is 26.2. The number of para-hydroxylation sites is 1. The Morgan fingerprint density at radius 2 is 2.08 bits per heavy atom. The van der Waals surface area contributed by atoms with Gasteiger partial charge in [-0.2, -0.15) is 0 Å². The van der Waals surface area contributed by atoms with E-state index >= 15 is 0 Å². The highest BCUT2D eigenvalue weighted by molar-refractivity contribution is 5.81. The van der Waals surface area contributed by atoms with Gasteiger partial charge in [-0.3, -0.25) is 9.59 Å². The van der Waals surface area contributed by atoms with E-state index in [-0.39, 0.29) is 17.7 Å². The van der Waals surface area contributed by atoms with E-state index in [2.05, 4.69) is 5.32 Å². The van der Waals surface area contributed by atoms with Crippen molar-refractivity contribution < 1.29 is 14.3 Å². The van der Waals surface area contributed by atoms with Crippen molar-refractivity contribution in [2.24, 2.45) is 11.7 Å². The molecule has 0 bridgehead atoms. The summed E-state index contributed by atoms with van der Waals surface area (Å²) in [7, 11) is 0. The lowest BCUT2D eigenvalue weighted by Crippen LogP contribution is -2.46. The molecule has 6 heteroatoms. The van der Waals surface area contributed by atoms with Gasteiger partial charge in [0, 0.05) is 19.6 Å². The summed E-state index contributed by atoms with van der Waals surface area (Å²) in [5, 5.41) is 2.90. The summed E-state index contributed by atoms with van der Waals surface area (Å²) in [5.41, 5.74) is 5.43. The molecule has 0 aromatic heterocycles. The van der Waals surface area contributed by atoms with Gasteiger partial charge in [-0.1, -0.05) is 18.2 Å². The van der Waals surface area contributed by atoms with Crippen molar-refractivity contribution >= 4 is 11.8 Å². The van der Waals surface area contributed by atoms with Gasteiger partial charge in [-0.15, -0.1) is 0 Å². The van der Waals surface area contributed by atoms with Crippen LogP contribution in [-0.2, 0) is 9.59 Å². The van der Waals surface area contributed by atoms with Crippen molar-refractivity contribution in [1.29, 1.82) is 0 Å². The number of nitrogens with zero attached hydrogens (tertiary/aromatic N) is 1. The molecule has 1 aliphatic rings. The van der Waals surface area contributed by atoms with Crippen molar-refractivity contribution in [2.45, 2.75) is 25.7 Å². The highest BCUT2D eigenvalue weighted by Crippen LogP contribution is 2.17. The normalized spacial score (nSPS) is 17.4. The molecule has 24 heavy (non-hydrogen) atoms. The summed E-state index contributed by atoms with van der Waals surface area (Å²) < 4.78 is 5.57. The molecule has 2 amide bonds. The second-order valence-electron chi connectivity index (χ2n) is 6.02. The fourth-order valence-electron chi connectivity index (χ4n) is 2.81. The number of ether oxygens (including phenoxy) is 1. The van der Waals surface area contributed by atoms with Gasteiger partial charge in [0.25, 0.3) is 0 Å². The number of nitrogens with two attached hydrogens (primary N) is 1. The largest absolute Gasteiger partial charge is 0.493 e. The average molecular weight is 333 g/mol. The van der Waals surface area contributed by atoms with Crippen molar-refractivity contribution in [1.82, 2.24) is 10.2 Å². The van der Waals surface area contributed by atoms with E-state index in [4.69, 9.17) is 10.5 Å². The first-order valence-corrected chi connectivity index (χ1v) is 8.64. The Morgan fingerprint density at radius 3 is 2.83 bits per heavy atom. The fraction of sp³-hybridized carbons (Fsp3) is 0.556. The van der Waals surface area contributed by atoms with Crippen LogP contribution >= 0.6 is 0 Å². The van der Waals surface area contributed by atoms with E-state index < -0.39 is 0 Å². The summed E-state index contributed by atoms with van der Waals surface area (Å²) in [6, 6.07) is 9.45. The van der Waals surface area contributed by atoms with E-state index in [0.29, 0.717) is 32.7 Å². The predicted molar refractivity (Wildman–Crippen MR) is 92.5 cm³/mol. The molecule has 1 aromatic rings. The number of hydrogen-bond donors (Lipinski definition) is 2. The number of likely N-dealkylation sites (tertiary alicyclic amines) is 1. The predicted octanol–water partition coefficient (Wildman–Crippen LogP) is 1.16. The van der Waals surface area contributed by atoms with Crippen LogP contribution in [-0.4, -0.2) is 49.5 Å². The lowest BCUT2D eigenvalue weighted by molar-refractivity contribution is -0.136. The quantitative estimate of drug-likeness (QED) is 0.699. The van der Waals surface area contributed by atoms with Crippen LogP contribution in [0.3, 0.4) is 0 Å². The summed E-state index contributed by atoms with van der Waals surface area (Å²) in [6.07, 6.45) is 2.80. The zero-order chi connectivity index (χ0) is 17.2. The van der Waals surface area contributed by atoms with E-state index in [0.717, 1.165) is 31.6 Å². The molecule has 1 saturated heterocycles. The van der Waals surface area contributed by atoms with Gasteiger partial charge in [0.1, 0.15) is 5.75 Å². The molecule has 1 aromatic carbocycles. The lowest BCUT2D eigenvalue weighted by atomic mass is 9.97. The third-order valence-corrected chi connectivity index (χ3v) is 4.15. The Labute approximate surface area is 143 Å². The molecule has 1 heterocycles. The third-order valence-electron chi connectivity index (χ3n) is 4.15. The first kappa shape index (κ1) is 18.3. The highest BCUT2D eigenvalue weighted by atomic mass is 16.5. The summed E-state index contributed by atoms with van der Waals surface area (Å²) >= 11 is 0. The Kier molecular flexibility index (Phi) is 7.55. The van der Waals surface area contributed by atoms with Gasteiger partial charge >= 0.3 is 0 Å². The number of rotatable bonds is 8. The van der Waals surface area contributed by atoms with Gasteiger partial charge in [0.2, 0.25) is 11.8 Å². The molecular weight excluding hydrogens is 306 g/mol. The van der Waals surface area contributed by atoms with Crippen LogP contribution in [0.4, 0.5) is 0 Å².